The molecule has 0 rings (SSSR count). The van der Waals surface area contributed by atoms with Gasteiger partial charge in [-0.2, -0.15) is 0 Å². The maximum absolute atomic E-state index is 2.75. The second kappa shape index (κ2) is 53.1. The summed E-state index contributed by atoms with van der Waals surface area (Å²) < 4.78 is 0. The molecule has 3 nitrogen and oxygen atoms in total. The van der Waals surface area contributed by atoms with Crippen molar-refractivity contribution < 1.29 is 25.8 Å². The quantitative estimate of drug-likeness (QED) is 0.528. The monoisotopic (exact) mass is 315 g/mol. The van der Waals surface area contributed by atoms with Crippen LogP contribution in [0.2, 0.25) is 0 Å². The van der Waals surface area contributed by atoms with E-state index in [4.69, 9.17) is 0 Å². The van der Waals surface area contributed by atoms with Gasteiger partial charge in [-0.1, -0.05) is 0 Å². The molecule has 0 atom stereocenters. The Balaban J connectivity index is -0.0000000257. The van der Waals surface area contributed by atoms with Crippen LogP contribution in [-0.4, -0.2) is 42.3 Å². The third-order valence-electron chi connectivity index (χ3n) is 0. The number of hydrogen-bond donors (Lipinski definition) is 3. The zero-order valence-corrected chi connectivity index (χ0v) is 11.6. The van der Waals surface area contributed by atoms with Crippen LogP contribution in [0, 0.1) is 0 Å². The summed E-state index contributed by atoms with van der Waals surface area (Å²) in [6.45, 7) is 0. The predicted octanol–water partition coefficient (Wildman–Crippen LogP) is -0.496. The predicted molar refractivity (Wildman–Crippen MR) is 45.0 cm³/mol. The molecule has 0 bridgehead atoms. The van der Waals surface area contributed by atoms with Crippen molar-refractivity contribution in [1.82, 2.24) is 16.0 Å². The van der Waals surface area contributed by atoms with Gasteiger partial charge in [0.05, 0.1) is 0 Å². The van der Waals surface area contributed by atoms with E-state index in [2.05, 4.69) is 16.0 Å². The minimum Gasteiger partial charge on any atom is -0.323 e. The van der Waals surface area contributed by atoms with Gasteiger partial charge in [0.25, 0.3) is 0 Å². The third kappa shape index (κ3) is 934. The van der Waals surface area contributed by atoms with Crippen LogP contribution in [0.1, 0.15) is 0 Å². The molecule has 0 amide bonds. The van der Waals surface area contributed by atoms with Crippen molar-refractivity contribution in [2.24, 2.45) is 0 Å². The molecule has 10 heavy (non-hydrogen) atoms. The van der Waals surface area contributed by atoms with Gasteiger partial charge in [-0.3, -0.25) is 0 Å². The molecule has 64 valence electrons. The zero-order valence-electron chi connectivity index (χ0n) is 8.00. The minimum absolute atomic E-state index is 0. The molecule has 0 aromatic rings. The van der Waals surface area contributed by atoms with E-state index >= 15 is 0 Å². The van der Waals surface area contributed by atoms with Crippen molar-refractivity contribution in [3.63, 3.8) is 0 Å². The Kier molecular flexibility index (Phi) is 119. The average molecular weight is 314 g/mol. The molecule has 0 aliphatic heterocycles. The van der Waals surface area contributed by atoms with Gasteiger partial charge in [-0.05, 0) is 42.3 Å². The molecular weight excluding hydrogens is 293 g/mol. The van der Waals surface area contributed by atoms with E-state index < -0.39 is 0 Å². The van der Waals surface area contributed by atoms with E-state index in [1.165, 1.54) is 0 Å². The van der Waals surface area contributed by atoms with Crippen LogP contribution in [0.4, 0.5) is 0 Å². The van der Waals surface area contributed by atoms with E-state index in [0.717, 1.165) is 0 Å². The average Bonchev–Trinajstić information content (AvgIpc) is 1.70. The molecule has 0 aromatic carbocycles. The van der Waals surface area contributed by atoms with Gasteiger partial charge in [0.2, 0.25) is 0 Å². The van der Waals surface area contributed by atoms with E-state index in [1.807, 2.05) is 42.3 Å². The molecular formula is C6H21HfN3. The van der Waals surface area contributed by atoms with E-state index in [9.17, 15) is 0 Å². The number of nitrogens with one attached hydrogen (secondary N) is 3. The molecule has 0 spiro atoms. The molecule has 0 aliphatic carbocycles. The van der Waals surface area contributed by atoms with Crippen LogP contribution < -0.4 is 16.0 Å². The van der Waals surface area contributed by atoms with Crippen molar-refractivity contribution in [1.29, 1.82) is 0 Å². The topological polar surface area (TPSA) is 36.1 Å². The van der Waals surface area contributed by atoms with E-state index in [1.54, 1.807) is 0 Å². The van der Waals surface area contributed by atoms with Crippen molar-refractivity contribution in [3.05, 3.63) is 0 Å². The molecule has 0 radical (unpaired) electrons. The van der Waals surface area contributed by atoms with Gasteiger partial charge >= 0.3 is 0 Å². The first-order chi connectivity index (χ1) is 4.24. The second-order valence-corrected chi connectivity index (χ2v) is 1.50. The Morgan fingerprint density at radius 1 is 0.500 bits per heavy atom. The Labute approximate surface area is 84.1 Å². The van der Waals surface area contributed by atoms with Gasteiger partial charge in [-0.15, -0.1) is 0 Å². The molecule has 0 heterocycles. The molecule has 0 saturated carbocycles. The fourth-order valence-electron chi connectivity index (χ4n) is 0. The molecule has 0 unspecified atom stereocenters. The summed E-state index contributed by atoms with van der Waals surface area (Å²) in [5.41, 5.74) is 0. The summed E-state index contributed by atoms with van der Waals surface area (Å²) in [6, 6.07) is 0. The standard InChI is InChI=1S/3C2H7N.Hf/c3*1-3-2;/h3*3H,1-2H3;. The summed E-state index contributed by atoms with van der Waals surface area (Å²) in [5.74, 6) is 0. The summed E-state index contributed by atoms with van der Waals surface area (Å²) in [4.78, 5) is 0. The maximum Gasteiger partial charge on any atom is 0 e. The van der Waals surface area contributed by atoms with Crippen LogP contribution in [0.5, 0.6) is 0 Å². The van der Waals surface area contributed by atoms with Gasteiger partial charge in [0, 0.05) is 25.8 Å². The normalized spacial score (nSPS) is 5.40. The summed E-state index contributed by atoms with van der Waals surface area (Å²) in [6.07, 6.45) is 0. The zero-order chi connectivity index (χ0) is 8.12. The van der Waals surface area contributed by atoms with E-state index in [-0.39, 0.29) is 25.8 Å². The summed E-state index contributed by atoms with van der Waals surface area (Å²) >= 11 is 0. The van der Waals surface area contributed by atoms with Gasteiger partial charge in [0.1, 0.15) is 0 Å². The van der Waals surface area contributed by atoms with Crippen LogP contribution >= 0.6 is 0 Å². The SMILES string of the molecule is CNC.CNC.CNC.[Hf]. The Morgan fingerprint density at radius 2 is 0.500 bits per heavy atom. The number of hydrogen-bond acceptors (Lipinski definition) is 3. The van der Waals surface area contributed by atoms with Crippen molar-refractivity contribution in [2.45, 2.75) is 0 Å². The van der Waals surface area contributed by atoms with Crippen LogP contribution in [0.15, 0.2) is 0 Å². The van der Waals surface area contributed by atoms with Crippen molar-refractivity contribution in [3.8, 4) is 0 Å². The molecule has 0 fully saturated rings. The Hall–Kier alpha value is 0.750. The molecule has 0 aromatic heterocycles. The van der Waals surface area contributed by atoms with Crippen molar-refractivity contribution >= 4 is 0 Å². The van der Waals surface area contributed by atoms with E-state index in [0.29, 0.717) is 0 Å². The molecule has 0 saturated heterocycles. The fourth-order valence-corrected chi connectivity index (χ4v) is 0. The minimum atomic E-state index is 0. The smallest absolute Gasteiger partial charge is 0 e. The summed E-state index contributed by atoms with van der Waals surface area (Å²) in [5, 5.41) is 8.25. The fraction of sp³-hybridized carbons (Fsp3) is 1.00. The van der Waals surface area contributed by atoms with Crippen LogP contribution in [0.25, 0.3) is 0 Å². The molecule has 3 N–H and O–H groups in total. The van der Waals surface area contributed by atoms with Crippen molar-refractivity contribution in [2.75, 3.05) is 42.3 Å². The first-order valence-electron chi connectivity index (χ1n) is 3.00. The third-order valence-corrected chi connectivity index (χ3v) is 0. The molecule has 4 heteroatoms. The van der Waals surface area contributed by atoms with Crippen LogP contribution in [-0.2, 0) is 25.8 Å². The first-order valence-corrected chi connectivity index (χ1v) is 3.00. The maximum atomic E-state index is 2.75. The Morgan fingerprint density at radius 3 is 0.500 bits per heavy atom. The second-order valence-electron chi connectivity index (χ2n) is 1.50. The summed E-state index contributed by atoms with van der Waals surface area (Å²) in [7, 11) is 11.2. The molecule has 0 aliphatic rings. The number of rotatable bonds is 0. The van der Waals surface area contributed by atoms with Gasteiger partial charge in [-0.25, -0.2) is 0 Å². The first kappa shape index (κ1) is 22.4. The van der Waals surface area contributed by atoms with Crippen LogP contribution in [0.3, 0.4) is 0 Å². The Bertz CT molecular complexity index is 17.7. The largest absolute Gasteiger partial charge is 0.323 e. The van der Waals surface area contributed by atoms with Gasteiger partial charge in [0.15, 0.2) is 0 Å². The van der Waals surface area contributed by atoms with Gasteiger partial charge < -0.3 is 16.0 Å².